The van der Waals surface area contributed by atoms with Gasteiger partial charge in [0.15, 0.2) is 5.65 Å². The first-order valence-corrected chi connectivity index (χ1v) is 8.34. The van der Waals surface area contributed by atoms with Gasteiger partial charge in [0.2, 0.25) is 11.7 Å². The summed E-state index contributed by atoms with van der Waals surface area (Å²) in [5.74, 6) is 1.70. The Morgan fingerprint density at radius 3 is 2.83 bits per heavy atom. The van der Waals surface area contributed by atoms with Crippen molar-refractivity contribution in [2.75, 3.05) is 0 Å². The molecule has 0 aliphatic carbocycles. The summed E-state index contributed by atoms with van der Waals surface area (Å²) >= 11 is 1.53. The zero-order valence-electron chi connectivity index (χ0n) is 13.2. The van der Waals surface area contributed by atoms with Crippen molar-refractivity contribution in [1.29, 1.82) is 0 Å². The molecule has 0 atom stereocenters. The number of benzene rings is 1. The van der Waals surface area contributed by atoms with E-state index in [0.29, 0.717) is 17.5 Å². The van der Waals surface area contributed by atoms with Crippen LogP contribution in [0.3, 0.4) is 0 Å². The van der Waals surface area contributed by atoms with Crippen LogP contribution >= 0.6 is 11.8 Å². The Kier molecular flexibility index (Phi) is 3.73. The third-order valence-corrected chi connectivity index (χ3v) is 4.59. The molecule has 0 aliphatic rings. The molecule has 1 aromatic carbocycles. The maximum Gasteiger partial charge on any atom is 0.237 e. The first kappa shape index (κ1) is 14.8. The number of fused-ring (bicyclic) bond motifs is 1. The second-order valence-electron chi connectivity index (χ2n) is 5.35. The van der Waals surface area contributed by atoms with Crippen LogP contribution in [0.4, 0.5) is 0 Å². The lowest BCUT2D eigenvalue weighted by Crippen LogP contribution is -1.93. The van der Waals surface area contributed by atoms with Crippen molar-refractivity contribution >= 4 is 22.8 Å². The Morgan fingerprint density at radius 2 is 2.00 bits per heavy atom. The number of hydrogen-bond donors (Lipinski definition) is 0. The molecule has 4 rings (SSSR count). The monoisotopic (exact) mass is 338 g/mol. The minimum atomic E-state index is 0.542. The highest BCUT2D eigenvalue weighted by Crippen LogP contribution is 2.27. The lowest BCUT2D eigenvalue weighted by atomic mass is 10.1. The first-order chi connectivity index (χ1) is 11.7. The van der Waals surface area contributed by atoms with Gasteiger partial charge in [0.1, 0.15) is 11.4 Å². The topological polar surface area (TPSA) is 82.5 Å². The molecule has 0 saturated heterocycles. The van der Waals surface area contributed by atoms with Gasteiger partial charge in [-0.15, -0.1) is 0 Å². The molecule has 4 aromatic rings. The molecule has 0 aliphatic heterocycles. The van der Waals surface area contributed by atoms with Crippen molar-refractivity contribution in [2.24, 2.45) is 7.05 Å². The Hall–Kier alpha value is -2.74. The molecule has 0 radical (unpaired) electrons. The summed E-state index contributed by atoms with van der Waals surface area (Å²) in [5.41, 5.74) is 2.94. The fourth-order valence-corrected chi connectivity index (χ4v) is 3.12. The fraction of sp³-hybridized carbons (Fsp3) is 0.188. The molecule has 0 amide bonds. The summed E-state index contributed by atoms with van der Waals surface area (Å²) in [5, 5.41) is 10.0. The molecule has 0 bridgehead atoms. The number of aryl methyl sites for hydroxylation is 2. The molecule has 0 saturated carbocycles. The largest absolute Gasteiger partial charge is 0.338 e. The van der Waals surface area contributed by atoms with Crippen LogP contribution in [0.15, 0.2) is 46.3 Å². The van der Waals surface area contributed by atoms with Crippen LogP contribution in [0.25, 0.3) is 22.4 Å². The first-order valence-electron chi connectivity index (χ1n) is 7.36. The predicted octanol–water partition coefficient (Wildman–Crippen LogP) is 3.01. The minimum Gasteiger partial charge on any atom is -0.338 e. The van der Waals surface area contributed by atoms with E-state index in [1.54, 1.807) is 10.9 Å². The fourth-order valence-electron chi connectivity index (χ4n) is 2.32. The third kappa shape index (κ3) is 2.76. The van der Waals surface area contributed by atoms with Crippen LogP contribution in [0.1, 0.15) is 11.5 Å². The van der Waals surface area contributed by atoms with Gasteiger partial charge < -0.3 is 4.52 Å². The standard InChI is InChI=1S/C16H14N6OS/c1-10-3-5-11(6-4-10)14-20-13(23-21-14)8-24-16-12-7-19-22(2)15(12)17-9-18-16/h3-7,9H,8H2,1-2H3. The maximum absolute atomic E-state index is 5.34. The van der Waals surface area contributed by atoms with Crippen molar-refractivity contribution in [3.8, 4) is 11.4 Å². The van der Waals surface area contributed by atoms with Gasteiger partial charge in [-0.25, -0.2) is 9.97 Å². The molecular formula is C16H14N6OS. The van der Waals surface area contributed by atoms with E-state index in [4.69, 9.17) is 4.52 Å². The summed E-state index contributed by atoms with van der Waals surface area (Å²) in [6.07, 6.45) is 3.31. The highest BCUT2D eigenvalue weighted by Gasteiger charge is 2.12. The van der Waals surface area contributed by atoms with Crippen LogP contribution in [-0.2, 0) is 12.8 Å². The van der Waals surface area contributed by atoms with Crippen LogP contribution < -0.4 is 0 Å². The minimum absolute atomic E-state index is 0.542. The second kappa shape index (κ2) is 6.04. The highest BCUT2D eigenvalue weighted by atomic mass is 32.2. The third-order valence-electron chi connectivity index (χ3n) is 3.60. The van der Waals surface area contributed by atoms with E-state index in [1.807, 2.05) is 38.2 Å². The molecule has 24 heavy (non-hydrogen) atoms. The molecule has 7 nitrogen and oxygen atoms in total. The molecular weight excluding hydrogens is 324 g/mol. The quantitative estimate of drug-likeness (QED) is 0.418. The smallest absolute Gasteiger partial charge is 0.237 e. The van der Waals surface area contributed by atoms with E-state index in [1.165, 1.54) is 23.7 Å². The molecule has 3 heterocycles. The van der Waals surface area contributed by atoms with Crippen LogP contribution in [0.5, 0.6) is 0 Å². The molecule has 8 heteroatoms. The van der Waals surface area contributed by atoms with Gasteiger partial charge in [-0.1, -0.05) is 46.7 Å². The molecule has 120 valence electrons. The highest BCUT2D eigenvalue weighted by molar-refractivity contribution is 7.98. The molecule has 0 spiro atoms. The normalized spacial score (nSPS) is 11.2. The van der Waals surface area contributed by atoms with Gasteiger partial charge in [0.25, 0.3) is 0 Å². The number of nitrogens with zero attached hydrogens (tertiary/aromatic N) is 6. The predicted molar refractivity (Wildman–Crippen MR) is 90.3 cm³/mol. The summed E-state index contributed by atoms with van der Waals surface area (Å²) < 4.78 is 7.07. The van der Waals surface area contributed by atoms with E-state index in [-0.39, 0.29) is 0 Å². The van der Waals surface area contributed by atoms with E-state index in [0.717, 1.165) is 21.6 Å². The molecule has 0 unspecified atom stereocenters. The number of hydrogen-bond acceptors (Lipinski definition) is 7. The van der Waals surface area contributed by atoms with E-state index < -0.39 is 0 Å². The zero-order valence-corrected chi connectivity index (χ0v) is 14.0. The second-order valence-corrected chi connectivity index (χ2v) is 6.31. The van der Waals surface area contributed by atoms with Gasteiger partial charge in [-0.3, -0.25) is 4.68 Å². The Bertz CT molecular complexity index is 991. The van der Waals surface area contributed by atoms with Gasteiger partial charge >= 0.3 is 0 Å². The van der Waals surface area contributed by atoms with Crippen LogP contribution in [0, 0.1) is 6.92 Å². The Balaban J connectivity index is 1.53. The van der Waals surface area contributed by atoms with Gasteiger partial charge in [-0.2, -0.15) is 10.1 Å². The number of rotatable bonds is 4. The number of thioether (sulfide) groups is 1. The van der Waals surface area contributed by atoms with Gasteiger partial charge in [0, 0.05) is 12.6 Å². The summed E-state index contributed by atoms with van der Waals surface area (Å²) in [6, 6.07) is 8.03. The van der Waals surface area contributed by atoms with Crippen LogP contribution in [-0.4, -0.2) is 29.9 Å². The maximum atomic E-state index is 5.34. The number of aromatic nitrogens is 6. The molecule has 0 N–H and O–H groups in total. The summed E-state index contributed by atoms with van der Waals surface area (Å²) in [4.78, 5) is 13.0. The van der Waals surface area contributed by atoms with Crippen molar-refractivity contribution < 1.29 is 4.52 Å². The van der Waals surface area contributed by atoms with E-state index in [9.17, 15) is 0 Å². The average molecular weight is 338 g/mol. The van der Waals surface area contributed by atoms with Crippen molar-refractivity contribution in [3.63, 3.8) is 0 Å². The summed E-state index contributed by atoms with van der Waals surface area (Å²) in [6.45, 7) is 2.04. The van der Waals surface area contributed by atoms with Crippen LogP contribution in [0.2, 0.25) is 0 Å². The van der Waals surface area contributed by atoms with Crippen molar-refractivity contribution in [1.82, 2.24) is 29.9 Å². The van der Waals surface area contributed by atoms with Crippen molar-refractivity contribution in [3.05, 3.63) is 48.2 Å². The van der Waals surface area contributed by atoms with Gasteiger partial charge in [0.05, 0.1) is 17.3 Å². The SMILES string of the molecule is Cc1ccc(-c2noc(CSc3ncnc4c3cnn4C)n2)cc1. The molecule has 3 aromatic heterocycles. The van der Waals surface area contributed by atoms with E-state index in [2.05, 4.69) is 25.2 Å². The average Bonchev–Trinajstić information content (AvgIpc) is 3.21. The zero-order chi connectivity index (χ0) is 16.5. The van der Waals surface area contributed by atoms with Gasteiger partial charge in [-0.05, 0) is 6.92 Å². The Labute approximate surface area is 142 Å². The van der Waals surface area contributed by atoms with Crippen molar-refractivity contribution in [2.45, 2.75) is 17.7 Å². The summed E-state index contributed by atoms with van der Waals surface area (Å²) in [7, 11) is 1.86. The lowest BCUT2D eigenvalue weighted by molar-refractivity contribution is 0.391. The van der Waals surface area contributed by atoms with E-state index >= 15 is 0 Å². The lowest BCUT2D eigenvalue weighted by Gasteiger charge is -1.99. The Morgan fingerprint density at radius 1 is 1.17 bits per heavy atom. The molecule has 0 fully saturated rings.